The Balaban J connectivity index is 1.82. The molecule has 2 aliphatic rings. The number of anilines is 1. The fourth-order valence-electron chi connectivity index (χ4n) is 3.56. The molecule has 2 aliphatic carbocycles. The minimum atomic E-state index is 0.670. The molecule has 2 nitrogen and oxygen atoms in total. The van der Waals surface area contributed by atoms with Gasteiger partial charge in [0.1, 0.15) is 0 Å². The van der Waals surface area contributed by atoms with E-state index in [1.165, 1.54) is 56.2 Å². The molecule has 1 aromatic carbocycles. The zero-order valence-corrected chi connectivity index (χ0v) is 13.8. The third-order valence-electron chi connectivity index (χ3n) is 4.87. The molecule has 2 saturated carbocycles. The van der Waals surface area contributed by atoms with E-state index in [2.05, 4.69) is 29.3 Å². The zero-order chi connectivity index (χ0) is 14.7. The lowest BCUT2D eigenvalue weighted by Crippen LogP contribution is -2.37. The predicted octanol–water partition coefficient (Wildman–Crippen LogP) is 4.75. The zero-order valence-electron chi connectivity index (χ0n) is 13.1. The normalized spacial score (nSPS) is 19.7. The first kappa shape index (κ1) is 15.2. The number of hydrogen-bond donors (Lipinski definition) is 1. The first-order valence-corrected chi connectivity index (χ1v) is 8.94. The van der Waals surface area contributed by atoms with E-state index in [-0.39, 0.29) is 0 Å². The summed E-state index contributed by atoms with van der Waals surface area (Å²) in [7, 11) is 0. The Bertz CT molecular complexity index is 464. The molecular weight excluding hydrogens is 280 g/mol. The largest absolute Gasteiger partial charge is 0.367 e. The van der Waals surface area contributed by atoms with E-state index < -0.39 is 0 Å². The van der Waals surface area contributed by atoms with E-state index in [0.717, 1.165) is 24.2 Å². The number of nitrogens with zero attached hydrogens (tertiary/aromatic N) is 1. The molecule has 0 atom stereocenters. The number of rotatable bonds is 6. The number of para-hydroxylation sites is 1. The molecule has 0 bridgehead atoms. The van der Waals surface area contributed by atoms with Crippen LogP contribution >= 0.6 is 11.6 Å². The van der Waals surface area contributed by atoms with Gasteiger partial charge < -0.3 is 10.2 Å². The van der Waals surface area contributed by atoms with Gasteiger partial charge in [-0.2, -0.15) is 0 Å². The molecule has 21 heavy (non-hydrogen) atoms. The third-order valence-corrected chi connectivity index (χ3v) is 5.18. The van der Waals surface area contributed by atoms with Crippen LogP contribution in [0.15, 0.2) is 18.2 Å². The van der Waals surface area contributed by atoms with Crippen molar-refractivity contribution in [3.8, 4) is 0 Å². The molecule has 0 aromatic heterocycles. The molecule has 0 saturated heterocycles. The fraction of sp³-hybridized carbons (Fsp3) is 0.667. The minimum Gasteiger partial charge on any atom is -0.367 e. The van der Waals surface area contributed by atoms with E-state index in [1.807, 2.05) is 6.07 Å². The molecule has 116 valence electrons. The molecule has 0 aliphatic heterocycles. The van der Waals surface area contributed by atoms with Gasteiger partial charge in [-0.15, -0.1) is 0 Å². The van der Waals surface area contributed by atoms with Gasteiger partial charge >= 0.3 is 0 Å². The lowest BCUT2D eigenvalue weighted by molar-refractivity contribution is 0.417. The molecule has 3 heteroatoms. The van der Waals surface area contributed by atoms with Crippen molar-refractivity contribution < 1.29 is 0 Å². The maximum atomic E-state index is 6.58. The Morgan fingerprint density at radius 1 is 1.14 bits per heavy atom. The van der Waals surface area contributed by atoms with Crippen LogP contribution in [0.1, 0.15) is 57.4 Å². The Morgan fingerprint density at radius 2 is 1.90 bits per heavy atom. The number of benzene rings is 1. The predicted molar refractivity (Wildman–Crippen MR) is 91.2 cm³/mol. The molecule has 0 amide bonds. The smallest absolute Gasteiger partial charge is 0.0643 e. The lowest BCUT2D eigenvalue weighted by Gasteiger charge is -2.37. The van der Waals surface area contributed by atoms with Gasteiger partial charge in [0.15, 0.2) is 0 Å². The van der Waals surface area contributed by atoms with Crippen molar-refractivity contribution in [2.75, 3.05) is 11.4 Å². The van der Waals surface area contributed by atoms with Crippen molar-refractivity contribution in [3.63, 3.8) is 0 Å². The van der Waals surface area contributed by atoms with E-state index in [0.29, 0.717) is 6.04 Å². The molecule has 0 spiro atoms. The van der Waals surface area contributed by atoms with Crippen LogP contribution in [0.4, 0.5) is 5.69 Å². The van der Waals surface area contributed by atoms with Crippen LogP contribution in [0.5, 0.6) is 0 Å². The highest BCUT2D eigenvalue weighted by molar-refractivity contribution is 6.33. The summed E-state index contributed by atoms with van der Waals surface area (Å²) in [5, 5.41) is 4.55. The highest BCUT2D eigenvalue weighted by Crippen LogP contribution is 2.35. The van der Waals surface area contributed by atoms with Crippen LogP contribution in [0.2, 0.25) is 5.02 Å². The topological polar surface area (TPSA) is 15.3 Å². The van der Waals surface area contributed by atoms with Gasteiger partial charge in [0, 0.05) is 25.2 Å². The highest BCUT2D eigenvalue weighted by atomic mass is 35.5. The van der Waals surface area contributed by atoms with Crippen molar-refractivity contribution >= 4 is 17.3 Å². The van der Waals surface area contributed by atoms with Gasteiger partial charge in [0.2, 0.25) is 0 Å². The van der Waals surface area contributed by atoms with Crippen molar-refractivity contribution in [2.45, 2.75) is 70.5 Å². The summed E-state index contributed by atoms with van der Waals surface area (Å²) in [6.45, 7) is 4.25. The number of nitrogens with one attached hydrogen (secondary N) is 1. The second-order valence-corrected chi connectivity index (χ2v) is 6.89. The van der Waals surface area contributed by atoms with Crippen molar-refractivity contribution in [1.82, 2.24) is 5.32 Å². The maximum Gasteiger partial charge on any atom is 0.0643 e. The SMILES string of the molecule is CCN(c1c(Cl)cccc1CNC1CC1)C1CCCCC1. The number of halogens is 1. The summed E-state index contributed by atoms with van der Waals surface area (Å²) in [5.41, 5.74) is 2.64. The van der Waals surface area contributed by atoms with Crippen LogP contribution in [0.25, 0.3) is 0 Å². The summed E-state index contributed by atoms with van der Waals surface area (Å²) < 4.78 is 0. The molecule has 1 N–H and O–H groups in total. The van der Waals surface area contributed by atoms with E-state index in [4.69, 9.17) is 11.6 Å². The lowest BCUT2D eigenvalue weighted by atomic mass is 9.93. The summed E-state index contributed by atoms with van der Waals surface area (Å²) in [6.07, 6.45) is 9.41. The van der Waals surface area contributed by atoms with Crippen LogP contribution in [-0.2, 0) is 6.54 Å². The van der Waals surface area contributed by atoms with Crippen molar-refractivity contribution in [2.24, 2.45) is 0 Å². The quantitative estimate of drug-likeness (QED) is 0.816. The molecule has 1 aromatic rings. The summed E-state index contributed by atoms with van der Waals surface area (Å²) in [5.74, 6) is 0. The first-order chi connectivity index (χ1) is 10.3. The first-order valence-electron chi connectivity index (χ1n) is 8.57. The second-order valence-electron chi connectivity index (χ2n) is 6.48. The second kappa shape index (κ2) is 7.02. The monoisotopic (exact) mass is 306 g/mol. The average molecular weight is 307 g/mol. The van der Waals surface area contributed by atoms with Crippen LogP contribution in [0.3, 0.4) is 0 Å². The van der Waals surface area contributed by atoms with E-state index >= 15 is 0 Å². The Kier molecular flexibility index (Phi) is 5.07. The van der Waals surface area contributed by atoms with E-state index in [9.17, 15) is 0 Å². The Labute approximate surface area is 133 Å². The van der Waals surface area contributed by atoms with Crippen LogP contribution < -0.4 is 10.2 Å². The minimum absolute atomic E-state index is 0.670. The molecular formula is C18H27ClN2. The van der Waals surface area contributed by atoms with Crippen LogP contribution in [0, 0.1) is 0 Å². The van der Waals surface area contributed by atoms with Gasteiger partial charge in [-0.3, -0.25) is 0 Å². The van der Waals surface area contributed by atoms with Crippen molar-refractivity contribution in [1.29, 1.82) is 0 Å². The highest BCUT2D eigenvalue weighted by Gasteiger charge is 2.25. The third kappa shape index (κ3) is 3.73. The maximum absolute atomic E-state index is 6.58. The number of hydrogen-bond acceptors (Lipinski definition) is 2. The summed E-state index contributed by atoms with van der Waals surface area (Å²) in [4.78, 5) is 2.56. The fourth-order valence-corrected chi connectivity index (χ4v) is 3.86. The molecule has 0 heterocycles. The van der Waals surface area contributed by atoms with Crippen LogP contribution in [-0.4, -0.2) is 18.6 Å². The van der Waals surface area contributed by atoms with Gasteiger partial charge in [-0.25, -0.2) is 0 Å². The molecule has 3 rings (SSSR count). The standard InChI is InChI=1S/C18H27ClN2/c1-2-21(16-8-4-3-5-9-16)18-14(7-6-10-17(18)19)13-20-15-11-12-15/h6-7,10,15-16,20H,2-5,8-9,11-13H2,1H3. The van der Waals surface area contributed by atoms with Crippen molar-refractivity contribution in [3.05, 3.63) is 28.8 Å². The van der Waals surface area contributed by atoms with E-state index in [1.54, 1.807) is 0 Å². The van der Waals surface area contributed by atoms with Gasteiger partial charge in [-0.05, 0) is 44.2 Å². The molecule has 2 fully saturated rings. The molecule has 0 radical (unpaired) electrons. The van der Waals surface area contributed by atoms with Gasteiger partial charge in [0.25, 0.3) is 0 Å². The summed E-state index contributed by atoms with van der Waals surface area (Å²) in [6, 6.07) is 7.78. The molecule has 0 unspecified atom stereocenters. The van der Waals surface area contributed by atoms with Gasteiger partial charge in [0.05, 0.1) is 10.7 Å². The van der Waals surface area contributed by atoms with Gasteiger partial charge in [-0.1, -0.05) is 43.0 Å². The average Bonchev–Trinajstić information content (AvgIpc) is 3.33. The summed E-state index contributed by atoms with van der Waals surface area (Å²) >= 11 is 6.58. The Morgan fingerprint density at radius 3 is 2.57 bits per heavy atom. The Hall–Kier alpha value is -0.730.